The van der Waals surface area contributed by atoms with E-state index in [-0.39, 0.29) is 0 Å². The van der Waals surface area contributed by atoms with Gasteiger partial charge in [-0.3, -0.25) is 0 Å². The number of nitrogens with one attached hydrogen (secondary N) is 1. The molecule has 3 rings (SSSR count). The molecule has 2 aromatic carbocycles. The van der Waals surface area contributed by atoms with Gasteiger partial charge in [0.05, 0.1) is 20.3 Å². The number of quaternary nitrogens is 2. The first-order chi connectivity index (χ1) is 14.2. The molecule has 0 unspecified atom stereocenters. The number of rotatable bonds is 10. The molecule has 1 fully saturated rings. The van der Waals surface area contributed by atoms with Crippen molar-refractivity contribution < 1.29 is 29.5 Å². The molecule has 1 aliphatic rings. The zero-order valence-corrected chi connectivity index (χ0v) is 17.5. The number of benzene rings is 2. The minimum absolute atomic E-state index is 0.303. The largest absolute Gasteiger partial charge is 0.497 e. The van der Waals surface area contributed by atoms with E-state index in [2.05, 4.69) is 17.4 Å². The van der Waals surface area contributed by atoms with E-state index in [0.29, 0.717) is 19.2 Å². The molecule has 1 heterocycles. The standard InChI is InChI=1S/C23H32N2O4/c1-18-3-7-22(8-4-18)29-17-20(26)15-24-16-23(25-11-13-28-14-12-25)19-5-9-21(27-2)10-6-19/h3-10,20,23-24,26H,11-17H2,1-2H3/p+2/t20-,23-/m0/s1. The molecule has 0 amide bonds. The van der Waals surface area contributed by atoms with Gasteiger partial charge >= 0.3 is 0 Å². The third-order valence-electron chi connectivity index (χ3n) is 5.45. The SMILES string of the molecule is COc1ccc([C@H](C[NH2+]C[C@H](O)COc2ccc(C)cc2)[NH+]2CCOCC2)cc1. The summed E-state index contributed by atoms with van der Waals surface area (Å²) in [4.78, 5) is 1.53. The highest BCUT2D eigenvalue weighted by molar-refractivity contribution is 5.28. The molecule has 1 saturated heterocycles. The molecule has 0 aromatic heterocycles. The summed E-state index contributed by atoms with van der Waals surface area (Å²) in [6, 6.07) is 16.6. The van der Waals surface area contributed by atoms with Crippen molar-refractivity contribution in [3.8, 4) is 11.5 Å². The Morgan fingerprint density at radius 1 is 1.00 bits per heavy atom. The zero-order chi connectivity index (χ0) is 20.5. The van der Waals surface area contributed by atoms with Crippen LogP contribution in [0.2, 0.25) is 0 Å². The Bertz CT molecular complexity index is 715. The van der Waals surface area contributed by atoms with Crippen molar-refractivity contribution in [2.75, 3.05) is 53.1 Å². The molecule has 2 aromatic rings. The van der Waals surface area contributed by atoms with Crippen molar-refractivity contribution in [2.45, 2.75) is 19.1 Å². The van der Waals surface area contributed by atoms with Gasteiger partial charge in [-0.1, -0.05) is 17.7 Å². The van der Waals surface area contributed by atoms with Crippen LogP contribution in [0.15, 0.2) is 48.5 Å². The number of hydrogen-bond donors (Lipinski definition) is 3. The van der Waals surface area contributed by atoms with Crippen LogP contribution in [0, 0.1) is 6.92 Å². The number of methoxy groups -OCH3 is 1. The molecule has 158 valence electrons. The Morgan fingerprint density at radius 2 is 1.66 bits per heavy atom. The lowest BCUT2D eigenvalue weighted by atomic mass is 10.0. The molecular formula is C23H34N2O4+2. The molecule has 2 atom stereocenters. The van der Waals surface area contributed by atoms with Gasteiger partial charge in [-0.15, -0.1) is 0 Å². The second kappa shape index (κ2) is 11.2. The van der Waals surface area contributed by atoms with Crippen LogP contribution in [0.3, 0.4) is 0 Å². The highest BCUT2D eigenvalue weighted by Gasteiger charge is 2.28. The summed E-state index contributed by atoms with van der Waals surface area (Å²) < 4.78 is 16.5. The third kappa shape index (κ3) is 6.72. The third-order valence-corrected chi connectivity index (χ3v) is 5.45. The molecule has 0 bridgehead atoms. The number of ether oxygens (including phenoxy) is 3. The van der Waals surface area contributed by atoms with Gasteiger partial charge in [0.2, 0.25) is 0 Å². The molecule has 1 aliphatic heterocycles. The van der Waals surface area contributed by atoms with Crippen LogP contribution >= 0.6 is 0 Å². The van der Waals surface area contributed by atoms with Gasteiger partial charge < -0.3 is 29.5 Å². The summed E-state index contributed by atoms with van der Waals surface area (Å²) in [6.07, 6.45) is -0.507. The first-order valence-electron chi connectivity index (χ1n) is 10.4. The summed E-state index contributed by atoms with van der Waals surface area (Å²) in [5.74, 6) is 1.67. The normalized spacial score (nSPS) is 16.9. The molecule has 0 spiro atoms. The lowest BCUT2D eigenvalue weighted by Crippen LogP contribution is -3.16. The number of morpholine rings is 1. The first kappa shape index (κ1) is 21.6. The van der Waals surface area contributed by atoms with Gasteiger partial charge in [-0.05, 0) is 43.3 Å². The van der Waals surface area contributed by atoms with E-state index in [0.717, 1.165) is 44.3 Å². The second-order valence-corrected chi connectivity index (χ2v) is 7.63. The topological polar surface area (TPSA) is 69.0 Å². The van der Waals surface area contributed by atoms with E-state index in [9.17, 15) is 5.11 Å². The van der Waals surface area contributed by atoms with E-state index < -0.39 is 6.10 Å². The Balaban J connectivity index is 1.51. The van der Waals surface area contributed by atoms with Crippen molar-refractivity contribution in [3.05, 3.63) is 59.7 Å². The maximum absolute atomic E-state index is 10.3. The van der Waals surface area contributed by atoms with Gasteiger partial charge in [0.25, 0.3) is 0 Å². The average molecular weight is 403 g/mol. The average Bonchev–Trinajstić information content (AvgIpc) is 2.77. The van der Waals surface area contributed by atoms with Gasteiger partial charge in [0.1, 0.15) is 50.4 Å². The highest BCUT2D eigenvalue weighted by atomic mass is 16.5. The van der Waals surface area contributed by atoms with E-state index in [1.807, 2.05) is 43.3 Å². The quantitative estimate of drug-likeness (QED) is 0.522. The van der Waals surface area contributed by atoms with E-state index in [1.54, 1.807) is 7.11 Å². The molecule has 0 saturated carbocycles. The van der Waals surface area contributed by atoms with Crippen LogP contribution in [0.4, 0.5) is 0 Å². The number of aryl methyl sites for hydroxylation is 1. The van der Waals surface area contributed by atoms with Gasteiger partial charge in [-0.2, -0.15) is 0 Å². The zero-order valence-electron chi connectivity index (χ0n) is 17.5. The van der Waals surface area contributed by atoms with E-state index in [4.69, 9.17) is 14.2 Å². The van der Waals surface area contributed by atoms with Crippen LogP contribution in [0.1, 0.15) is 17.2 Å². The number of aliphatic hydroxyl groups is 1. The molecule has 6 nitrogen and oxygen atoms in total. The summed E-state index contributed by atoms with van der Waals surface area (Å²) in [5.41, 5.74) is 2.49. The monoisotopic (exact) mass is 402 g/mol. The predicted molar refractivity (Wildman–Crippen MR) is 112 cm³/mol. The van der Waals surface area contributed by atoms with Crippen LogP contribution in [0.25, 0.3) is 0 Å². The first-order valence-corrected chi connectivity index (χ1v) is 10.4. The van der Waals surface area contributed by atoms with Crippen LogP contribution in [-0.2, 0) is 4.74 Å². The Kier molecular flexibility index (Phi) is 8.31. The van der Waals surface area contributed by atoms with Gasteiger partial charge in [-0.25, -0.2) is 0 Å². The van der Waals surface area contributed by atoms with Gasteiger partial charge in [0.15, 0.2) is 6.04 Å². The van der Waals surface area contributed by atoms with Crippen molar-refractivity contribution in [2.24, 2.45) is 0 Å². The van der Waals surface area contributed by atoms with Gasteiger partial charge in [0, 0.05) is 5.56 Å². The molecule has 0 aliphatic carbocycles. The lowest BCUT2D eigenvalue weighted by molar-refractivity contribution is -0.951. The maximum atomic E-state index is 10.3. The summed E-state index contributed by atoms with van der Waals surface area (Å²) in [5, 5.41) is 12.5. The van der Waals surface area contributed by atoms with Crippen LogP contribution in [0.5, 0.6) is 11.5 Å². The lowest BCUT2D eigenvalue weighted by Gasteiger charge is -2.31. The fraction of sp³-hybridized carbons (Fsp3) is 0.478. The Labute approximate surface area is 173 Å². The van der Waals surface area contributed by atoms with E-state index in [1.165, 1.54) is 16.0 Å². The summed E-state index contributed by atoms with van der Waals surface area (Å²) >= 11 is 0. The molecule has 29 heavy (non-hydrogen) atoms. The minimum atomic E-state index is -0.507. The number of aliphatic hydroxyl groups excluding tert-OH is 1. The summed E-state index contributed by atoms with van der Waals surface area (Å²) in [7, 11) is 1.69. The fourth-order valence-electron chi connectivity index (χ4n) is 3.71. The second-order valence-electron chi connectivity index (χ2n) is 7.63. The van der Waals surface area contributed by atoms with E-state index >= 15 is 0 Å². The molecule has 6 heteroatoms. The number of hydrogen-bond acceptors (Lipinski definition) is 4. The van der Waals surface area contributed by atoms with Crippen molar-refractivity contribution in [3.63, 3.8) is 0 Å². The molecule has 0 radical (unpaired) electrons. The minimum Gasteiger partial charge on any atom is -0.497 e. The van der Waals surface area contributed by atoms with Crippen LogP contribution in [-0.4, -0.2) is 64.3 Å². The van der Waals surface area contributed by atoms with Crippen molar-refractivity contribution in [1.82, 2.24) is 0 Å². The number of nitrogens with two attached hydrogens (primary N) is 1. The maximum Gasteiger partial charge on any atom is 0.163 e. The smallest absolute Gasteiger partial charge is 0.163 e. The molecule has 4 N–H and O–H groups in total. The highest BCUT2D eigenvalue weighted by Crippen LogP contribution is 2.15. The Hall–Kier alpha value is -2.12. The van der Waals surface area contributed by atoms with Crippen molar-refractivity contribution >= 4 is 0 Å². The van der Waals surface area contributed by atoms with Crippen LogP contribution < -0.4 is 19.7 Å². The Morgan fingerprint density at radius 3 is 2.31 bits per heavy atom. The predicted octanol–water partition coefficient (Wildman–Crippen LogP) is -0.0369. The molecular weight excluding hydrogens is 368 g/mol. The fourth-order valence-corrected chi connectivity index (χ4v) is 3.71. The van der Waals surface area contributed by atoms with Crippen molar-refractivity contribution in [1.29, 1.82) is 0 Å². The summed E-state index contributed by atoms with van der Waals surface area (Å²) in [6.45, 7) is 7.48.